The number of amides is 2. The minimum absolute atomic E-state index is 0.0542. The van der Waals surface area contributed by atoms with Gasteiger partial charge in [-0.3, -0.25) is 9.59 Å². The van der Waals surface area contributed by atoms with Gasteiger partial charge in [0.2, 0.25) is 5.91 Å². The van der Waals surface area contributed by atoms with Gasteiger partial charge in [-0.05, 0) is 47.9 Å². The second-order valence-corrected chi connectivity index (χ2v) is 9.46. The van der Waals surface area contributed by atoms with Crippen LogP contribution in [-0.4, -0.2) is 35.7 Å². The normalized spacial score (nSPS) is 18.0. The Morgan fingerprint density at radius 2 is 1.76 bits per heavy atom. The van der Waals surface area contributed by atoms with E-state index in [1.165, 1.54) is 0 Å². The van der Waals surface area contributed by atoms with Crippen molar-refractivity contribution in [1.29, 1.82) is 0 Å². The van der Waals surface area contributed by atoms with E-state index < -0.39 is 0 Å². The summed E-state index contributed by atoms with van der Waals surface area (Å²) in [4.78, 5) is 27.3. The molecule has 3 aromatic rings. The number of thioether (sulfide) groups is 1. The summed E-state index contributed by atoms with van der Waals surface area (Å²) in [7, 11) is 0. The van der Waals surface area contributed by atoms with Gasteiger partial charge in [0.15, 0.2) is 11.5 Å². The summed E-state index contributed by atoms with van der Waals surface area (Å²) in [5.74, 6) is 1.89. The largest absolute Gasteiger partial charge is 0.486 e. The van der Waals surface area contributed by atoms with E-state index in [0.717, 1.165) is 22.4 Å². The van der Waals surface area contributed by atoms with Crippen LogP contribution in [0.4, 0.5) is 0 Å². The van der Waals surface area contributed by atoms with Crippen LogP contribution in [-0.2, 0) is 11.3 Å². The number of ether oxygens (including phenoxy) is 2. The van der Waals surface area contributed by atoms with Crippen LogP contribution in [0.3, 0.4) is 0 Å². The van der Waals surface area contributed by atoms with Gasteiger partial charge >= 0.3 is 0 Å². The zero-order valence-corrected chi connectivity index (χ0v) is 19.7. The van der Waals surface area contributed by atoms with Crippen LogP contribution < -0.4 is 14.8 Å². The first-order valence-corrected chi connectivity index (χ1v) is 12.4. The molecular formula is C27H26N2O4S. The maximum absolute atomic E-state index is 12.9. The molecule has 1 N–H and O–H groups in total. The monoisotopic (exact) mass is 474 g/mol. The van der Waals surface area contributed by atoms with Gasteiger partial charge in [-0.1, -0.05) is 48.5 Å². The van der Waals surface area contributed by atoms with E-state index >= 15 is 0 Å². The summed E-state index contributed by atoms with van der Waals surface area (Å²) >= 11 is 1.62. The summed E-state index contributed by atoms with van der Waals surface area (Å²) in [5.41, 5.74) is 3.65. The summed E-state index contributed by atoms with van der Waals surface area (Å²) in [6, 6.07) is 23.1. The molecule has 2 atom stereocenters. The van der Waals surface area contributed by atoms with Gasteiger partial charge in [0.1, 0.15) is 18.6 Å². The molecule has 0 aromatic heterocycles. The van der Waals surface area contributed by atoms with Crippen LogP contribution in [0.2, 0.25) is 0 Å². The molecule has 2 aliphatic rings. The second-order valence-electron chi connectivity index (χ2n) is 8.39. The van der Waals surface area contributed by atoms with E-state index in [0.29, 0.717) is 36.8 Å². The van der Waals surface area contributed by atoms with Crippen molar-refractivity contribution in [1.82, 2.24) is 10.2 Å². The summed E-state index contributed by atoms with van der Waals surface area (Å²) < 4.78 is 11.2. The molecule has 2 amide bonds. The third-order valence-corrected chi connectivity index (χ3v) is 7.29. The lowest BCUT2D eigenvalue weighted by Crippen LogP contribution is -2.28. The summed E-state index contributed by atoms with van der Waals surface area (Å²) in [6.07, 6.45) is 0. The maximum atomic E-state index is 12.9. The minimum Gasteiger partial charge on any atom is -0.486 e. The van der Waals surface area contributed by atoms with Crippen molar-refractivity contribution >= 4 is 23.6 Å². The van der Waals surface area contributed by atoms with Crippen molar-refractivity contribution < 1.29 is 19.1 Å². The molecule has 3 aromatic carbocycles. The highest BCUT2D eigenvalue weighted by molar-refractivity contribution is 8.00. The first kappa shape index (κ1) is 22.3. The van der Waals surface area contributed by atoms with E-state index in [4.69, 9.17) is 9.47 Å². The highest BCUT2D eigenvalue weighted by Crippen LogP contribution is 2.39. The summed E-state index contributed by atoms with van der Waals surface area (Å²) in [6.45, 7) is 3.59. The van der Waals surface area contributed by atoms with E-state index in [2.05, 4.69) is 5.32 Å². The van der Waals surface area contributed by atoms with Gasteiger partial charge in [-0.25, -0.2) is 0 Å². The minimum atomic E-state index is -0.188. The Morgan fingerprint density at radius 1 is 1.03 bits per heavy atom. The first-order chi connectivity index (χ1) is 16.6. The van der Waals surface area contributed by atoms with Crippen LogP contribution in [0.25, 0.3) is 0 Å². The van der Waals surface area contributed by atoms with E-state index in [-0.39, 0.29) is 23.2 Å². The molecule has 1 fully saturated rings. The first-order valence-electron chi connectivity index (χ1n) is 11.3. The number of carbonyl (C=O) groups is 2. The number of nitrogens with one attached hydrogen (secondary N) is 1. The molecule has 0 bridgehead atoms. The fourth-order valence-corrected chi connectivity index (χ4v) is 5.36. The SMILES string of the molecule is C[C@@H](NC(=O)c1ccc([C@@H]2SCC(=O)N2Cc2ccccc2)cc1)c1ccc2c(c1)OCCO2. The van der Waals surface area contributed by atoms with Crippen LogP contribution >= 0.6 is 11.8 Å². The van der Waals surface area contributed by atoms with Crippen molar-refractivity contribution in [3.63, 3.8) is 0 Å². The van der Waals surface area contributed by atoms with Gasteiger partial charge in [0.25, 0.3) is 5.91 Å². The quantitative estimate of drug-likeness (QED) is 0.560. The number of hydrogen-bond donors (Lipinski definition) is 1. The molecule has 0 radical (unpaired) electrons. The lowest BCUT2D eigenvalue weighted by molar-refractivity contribution is -0.128. The molecule has 2 heterocycles. The van der Waals surface area contributed by atoms with Gasteiger partial charge in [-0.15, -0.1) is 11.8 Å². The van der Waals surface area contributed by atoms with Crippen molar-refractivity contribution in [2.75, 3.05) is 19.0 Å². The Kier molecular flexibility index (Phi) is 6.45. The van der Waals surface area contributed by atoms with Crippen molar-refractivity contribution in [2.45, 2.75) is 24.9 Å². The average molecular weight is 475 g/mol. The van der Waals surface area contributed by atoms with Crippen molar-refractivity contribution in [3.05, 3.63) is 95.1 Å². The summed E-state index contributed by atoms with van der Waals surface area (Å²) in [5, 5.41) is 3.00. The molecule has 0 unspecified atom stereocenters. The molecule has 7 heteroatoms. The molecule has 0 saturated carbocycles. The Bertz CT molecular complexity index is 1180. The van der Waals surface area contributed by atoms with E-state index in [1.807, 2.05) is 84.6 Å². The molecule has 2 aliphatic heterocycles. The van der Waals surface area contributed by atoms with Gasteiger partial charge in [0, 0.05) is 12.1 Å². The van der Waals surface area contributed by atoms with Crippen molar-refractivity contribution in [2.24, 2.45) is 0 Å². The Morgan fingerprint density at radius 3 is 2.53 bits per heavy atom. The molecule has 0 aliphatic carbocycles. The average Bonchev–Trinajstić information content (AvgIpc) is 3.24. The zero-order valence-electron chi connectivity index (χ0n) is 18.9. The van der Waals surface area contributed by atoms with Crippen LogP contribution in [0, 0.1) is 0 Å². The predicted octanol–water partition coefficient (Wildman–Crippen LogP) is 4.72. The number of nitrogens with zero attached hydrogens (tertiary/aromatic N) is 1. The fourth-order valence-electron chi connectivity index (χ4n) is 4.17. The Hall–Kier alpha value is -3.45. The third-order valence-electron chi connectivity index (χ3n) is 6.04. The molecule has 5 rings (SSSR count). The molecule has 0 spiro atoms. The van der Waals surface area contributed by atoms with E-state index in [1.54, 1.807) is 11.8 Å². The topological polar surface area (TPSA) is 67.9 Å². The fraction of sp³-hybridized carbons (Fsp3) is 0.259. The molecule has 6 nitrogen and oxygen atoms in total. The number of fused-ring (bicyclic) bond motifs is 1. The Balaban J connectivity index is 1.25. The van der Waals surface area contributed by atoms with Crippen LogP contribution in [0.5, 0.6) is 11.5 Å². The van der Waals surface area contributed by atoms with Crippen molar-refractivity contribution in [3.8, 4) is 11.5 Å². The maximum Gasteiger partial charge on any atom is 0.251 e. The lowest BCUT2D eigenvalue weighted by atomic mass is 10.1. The number of hydrogen-bond acceptors (Lipinski definition) is 5. The second kappa shape index (κ2) is 9.81. The Labute approximate surface area is 203 Å². The predicted molar refractivity (Wildman–Crippen MR) is 132 cm³/mol. The lowest BCUT2D eigenvalue weighted by Gasteiger charge is -2.24. The molecular weight excluding hydrogens is 448 g/mol. The standard InChI is InChI=1S/C27H26N2O4S/c1-18(22-11-12-23-24(15-22)33-14-13-32-23)28-26(31)20-7-9-21(10-8-20)27-29(25(30)17-34-27)16-19-5-3-2-4-6-19/h2-12,15,18,27H,13-14,16-17H2,1H3,(H,28,31)/t18-,27+/m1/s1. The number of carbonyl (C=O) groups excluding carboxylic acids is 2. The van der Waals surface area contributed by atoms with Crippen LogP contribution in [0.15, 0.2) is 72.8 Å². The number of benzene rings is 3. The van der Waals surface area contributed by atoms with Gasteiger partial charge in [0.05, 0.1) is 11.8 Å². The smallest absolute Gasteiger partial charge is 0.251 e. The highest BCUT2D eigenvalue weighted by Gasteiger charge is 2.32. The molecule has 174 valence electrons. The molecule has 1 saturated heterocycles. The van der Waals surface area contributed by atoms with Gasteiger partial charge in [-0.2, -0.15) is 0 Å². The molecule has 34 heavy (non-hydrogen) atoms. The van der Waals surface area contributed by atoms with Crippen LogP contribution in [0.1, 0.15) is 45.4 Å². The highest BCUT2D eigenvalue weighted by atomic mass is 32.2. The third kappa shape index (κ3) is 4.75. The van der Waals surface area contributed by atoms with Gasteiger partial charge < -0.3 is 19.7 Å². The number of rotatable bonds is 6. The zero-order chi connectivity index (χ0) is 23.5. The van der Waals surface area contributed by atoms with E-state index in [9.17, 15) is 9.59 Å².